The minimum Gasteiger partial charge on any atom is -0.300 e. The van der Waals surface area contributed by atoms with E-state index < -0.39 is 0 Å². The van der Waals surface area contributed by atoms with Crippen LogP contribution in [0, 0.1) is 11.8 Å². The predicted octanol–water partition coefficient (Wildman–Crippen LogP) is 3.65. The molecule has 0 amide bonds. The molecule has 3 unspecified atom stereocenters. The van der Waals surface area contributed by atoms with Crippen LogP contribution in [0.5, 0.6) is 0 Å². The van der Waals surface area contributed by atoms with E-state index in [2.05, 4.69) is 18.7 Å². The van der Waals surface area contributed by atoms with Gasteiger partial charge in [-0.1, -0.05) is 26.2 Å². The van der Waals surface area contributed by atoms with E-state index in [1.807, 2.05) is 0 Å². The molecule has 0 N–H and O–H groups in total. The van der Waals surface area contributed by atoms with Gasteiger partial charge in [-0.3, -0.25) is 9.69 Å². The van der Waals surface area contributed by atoms with Crippen LogP contribution in [0.1, 0.15) is 65.2 Å². The summed E-state index contributed by atoms with van der Waals surface area (Å²) >= 11 is 0. The molecule has 1 aliphatic carbocycles. The Bertz CT molecular complexity index is 276. The number of rotatable bonds is 4. The van der Waals surface area contributed by atoms with Crippen LogP contribution in [0.2, 0.25) is 0 Å². The first-order valence-corrected chi connectivity index (χ1v) is 7.97. The molecule has 1 aliphatic heterocycles. The fourth-order valence-electron chi connectivity index (χ4n) is 3.76. The van der Waals surface area contributed by atoms with Crippen molar-refractivity contribution in [2.75, 3.05) is 13.1 Å². The Morgan fingerprint density at radius 3 is 2.83 bits per heavy atom. The van der Waals surface area contributed by atoms with Gasteiger partial charge in [-0.25, -0.2) is 0 Å². The highest BCUT2D eigenvalue weighted by Gasteiger charge is 2.31. The molecule has 2 heteroatoms. The molecule has 2 nitrogen and oxygen atoms in total. The van der Waals surface area contributed by atoms with E-state index in [1.54, 1.807) is 0 Å². The summed E-state index contributed by atoms with van der Waals surface area (Å²) in [5.41, 5.74) is 0. The second-order valence-corrected chi connectivity index (χ2v) is 6.43. The summed E-state index contributed by atoms with van der Waals surface area (Å²) in [5.74, 6) is 1.70. The van der Waals surface area contributed by atoms with Gasteiger partial charge in [-0.2, -0.15) is 0 Å². The zero-order valence-electron chi connectivity index (χ0n) is 12.2. The molecule has 0 spiro atoms. The second-order valence-electron chi connectivity index (χ2n) is 6.43. The van der Waals surface area contributed by atoms with Crippen LogP contribution < -0.4 is 0 Å². The molecule has 3 atom stereocenters. The quantitative estimate of drug-likeness (QED) is 0.760. The fourth-order valence-corrected chi connectivity index (χ4v) is 3.76. The van der Waals surface area contributed by atoms with Crippen molar-refractivity contribution in [2.24, 2.45) is 11.8 Å². The first kappa shape index (κ1) is 14.0. The molecule has 2 aliphatic rings. The van der Waals surface area contributed by atoms with Gasteiger partial charge in [0.2, 0.25) is 0 Å². The van der Waals surface area contributed by atoms with Crippen molar-refractivity contribution in [3.63, 3.8) is 0 Å². The number of likely N-dealkylation sites (tertiary alicyclic amines) is 1. The number of piperidine rings is 1. The largest absolute Gasteiger partial charge is 0.300 e. The Labute approximate surface area is 112 Å². The van der Waals surface area contributed by atoms with Crippen LogP contribution in [0.25, 0.3) is 0 Å². The van der Waals surface area contributed by atoms with E-state index in [0.29, 0.717) is 17.7 Å². The molecule has 2 rings (SSSR count). The maximum absolute atomic E-state index is 12.1. The van der Waals surface area contributed by atoms with Crippen molar-refractivity contribution in [2.45, 2.75) is 71.3 Å². The van der Waals surface area contributed by atoms with Crippen LogP contribution in [-0.2, 0) is 4.79 Å². The van der Waals surface area contributed by atoms with Crippen molar-refractivity contribution in [1.82, 2.24) is 4.90 Å². The molecule has 18 heavy (non-hydrogen) atoms. The molecule has 1 saturated carbocycles. The molecule has 0 radical (unpaired) electrons. The minimum atomic E-state index is 0.343. The molecule has 0 aromatic heterocycles. The predicted molar refractivity (Wildman–Crippen MR) is 75.6 cm³/mol. The first-order valence-electron chi connectivity index (χ1n) is 7.97. The first-order chi connectivity index (χ1) is 8.70. The van der Waals surface area contributed by atoms with Gasteiger partial charge in [-0.05, 0) is 45.1 Å². The summed E-state index contributed by atoms with van der Waals surface area (Å²) in [5, 5.41) is 0. The Morgan fingerprint density at radius 2 is 2.11 bits per heavy atom. The monoisotopic (exact) mass is 251 g/mol. The summed E-state index contributed by atoms with van der Waals surface area (Å²) in [6.45, 7) is 6.84. The standard InChI is InChI=1S/C16H29NO/c1-3-6-14-8-9-16(18)15(11-14)12-17-10-5-4-7-13(17)2/h13-15H,3-12H2,1-2H3. The van der Waals surface area contributed by atoms with E-state index in [9.17, 15) is 4.79 Å². The highest BCUT2D eigenvalue weighted by molar-refractivity contribution is 5.81. The highest BCUT2D eigenvalue weighted by atomic mass is 16.1. The summed E-state index contributed by atoms with van der Waals surface area (Å²) in [4.78, 5) is 14.7. The average Bonchev–Trinajstić information content (AvgIpc) is 2.36. The molecule has 0 aromatic carbocycles. The molecule has 0 bridgehead atoms. The van der Waals surface area contributed by atoms with Crippen LogP contribution in [-0.4, -0.2) is 29.8 Å². The van der Waals surface area contributed by atoms with Gasteiger partial charge in [0.05, 0.1) is 0 Å². The highest BCUT2D eigenvalue weighted by Crippen LogP contribution is 2.31. The minimum absolute atomic E-state index is 0.343. The average molecular weight is 251 g/mol. The molecule has 2 fully saturated rings. The second kappa shape index (κ2) is 6.70. The Kier molecular flexibility index (Phi) is 5.23. The Morgan fingerprint density at radius 1 is 1.28 bits per heavy atom. The van der Waals surface area contributed by atoms with E-state index in [0.717, 1.165) is 31.7 Å². The summed E-state index contributed by atoms with van der Waals surface area (Å²) in [6, 6.07) is 0.693. The number of hydrogen-bond donors (Lipinski definition) is 0. The third-order valence-electron chi connectivity index (χ3n) is 4.96. The lowest BCUT2D eigenvalue weighted by molar-refractivity contribution is -0.126. The van der Waals surface area contributed by atoms with Crippen molar-refractivity contribution in [1.29, 1.82) is 0 Å². The molecule has 1 heterocycles. The van der Waals surface area contributed by atoms with Gasteiger partial charge in [0, 0.05) is 24.9 Å². The molecule has 0 aromatic rings. The van der Waals surface area contributed by atoms with Crippen LogP contribution in [0.15, 0.2) is 0 Å². The molecular weight excluding hydrogens is 222 g/mol. The van der Waals surface area contributed by atoms with Crippen molar-refractivity contribution >= 4 is 5.78 Å². The number of carbonyl (C=O) groups excluding carboxylic acids is 1. The van der Waals surface area contributed by atoms with Crippen molar-refractivity contribution < 1.29 is 4.79 Å². The van der Waals surface area contributed by atoms with Crippen LogP contribution in [0.4, 0.5) is 0 Å². The van der Waals surface area contributed by atoms with Gasteiger partial charge in [0.25, 0.3) is 0 Å². The van der Waals surface area contributed by atoms with Gasteiger partial charge < -0.3 is 0 Å². The van der Waals surface area contributed by atoms with Gasteiger partial charge in [0.1, 0.15) is 5.78 Å². The van der Waals surface area contributed by atoms with Gasteiger partial charge in [0.15, 0.2) is 0 Å². The topological polar surface area (TPSA) is 20.3 Å². The maximum Gasteiger partial charge on any atom is 0.137 e. The zero-order chi connectivity index (χ0) is 13.0. The third-order valence-corrected chi connectivity index (χ3v) is 4.96. The molecular formula is C16H29NO. The van der Waals surface area contributed by atoms with E-state index in [1.165, 1.54) is 38.6 Å². The Balaban J connectivity index is 1.87. The van der Waals surface area contributed by atoms with E-state index >= 15 is 0 Å². The number of hydrogen-bond acceptors (Lipinski definition) is 2. The lowest BCUT2D eigenvalue weighted by Crippen LogP contribution is -2.43. The summed E-state index contributed by atoms with van der Waals surface area (Å²) in [7, 11) is 0. The van der Waals surface area contributed by atoms with Crippen LogP contribution in [0.3, 0.4) is 0 Å². The van der Waals surface area contributed by atoms with Crippen molar-refractivity contribution in [3.05, 3.63) is 0 Å². The third kappa shape index (κ3) is 3.57. The fraction of sp³-hybridized carbons (Fsp3) is 0.938. The summed E-state index contributed by atoms with van der Waals surface area (Å²) in [6.07, 6.45) is 9.76. The normalized spacial score (nSPS) is 34.8. The number of Topliss-reactive ketones (excluding diaryl/α,β-unsaturated/α-hetero) is 1. The SMILES string of the molecule is CCCC1CCC(=O)C(CN2CCCCC2C)C1. The molecule has 1 saturated heterocycles. The molecule has 104 valence electrons. The van der Waals surface area contributed by atoms with E-state index in [4.69, 9.17) is 0 Å². The zero-order valence-corrected chi connectivity index (χ0v) is 12.2. The number of ketones is 1. The number of nitrogens with zero attached hydrogens (tertiary/aromatic N) is 1. The smallest absolute Gasteiger partial charge is 0.137 e. The van der Waals surface area contributed by atoms with Gasteiger partial charge in [-0.15, -0.1) is 0 Å². The summed E-state index contributed by atoms with van der Waals surface area (Å²) < 4.78 is 0. The maximum atomic E-state index is 12.1. The number of carbonyl (C=O) groups is 1. The van der Waals surface area contributed by atoms with Crippen molar-refractivity contribution in [3.8, 4) is 0 Å². The Hall–Kier alpha value is -0.370. The van der Waals surface area contributed by atoms with E-state index in [-0.39, 0.29) is 0 Å². The lowest BCUT2D eigenvalue weighted by Gasteiger charge is -2.37. The van der Waals surface area contributed by atoms with Gasteiger partial charge >= 0.3 is 0 Å². The lowest BCUT2D eigenvalue weighted by atomic mass is 9.78. The van der Waals surface area contributed by atoms with Crippen LogP contribution >= 0.6 is 0 Å².